The molecule has 0 spiro atoms. The third-order valence-corrected chi connectivity index (χ3v) is 8.69. The number of nitrogens with one attached hydrogen (secondary N) is 2. The Kier molecular flexibility index (Phi) is 13.1. The fourth-order valence-corrected chi connectivity index (χ4v) is 6.22. The molecule has 0 amide bonds. The average molecular weight is 760 g/mol. The first-order chi connectivity index (χ1) is 20.0. The SMILES string of the molecule is CCC1=C(C)c2cc3[nH]c(cc4nc(cc5[nH]c(cc1n2)c(C)c5CC)C(C)=C4CCC(=O)O)c(CCC(=O)O)c3C.Cl.Cl.[SnH2]. The van der Waals surface area contributed by atoms with Gasteiger partial charge in [0.2, 0.25) is 0 Å². The molecule has 3 aromatic heterocycles. The van der Waals surface area contributed by atoms with Crippen LogP contribution in [0.4, 0.5) is 0 Å². The van der Waals surface area contributed by atoms with E-state index in [0.29, 0.717) is 18.5 Å². The van der Waals surface area contributed by atoms with Crippen molar-refractivity contribution in [3.63, 3.8) is 0 Å². The Hall–Kier alpha value is -3.08. The van der Waals surface area contributed by atoms with Crippen molar-refractivity contribution in [2.24, 2.45) is 0 Å². The van der Waals surface area contributed by atoms with E-state index in [9.17, 15) is 19.8 Å². The molecule has 8 nitrogen and oxygen atoms in total. The van der Waals surface area contributed by atoms with Crippen LogP contribution in [0, 0.1) is 13.8 Å². The van der Waals surface area contributed by atoms with Crippen molar-refractivity contribution in [3.05, 3.63) is 69.3 Å². The molecule has 45 heavy (non-hydrogen) atoms. The van der Waals surface area contributed by atoms with E-state index >= 15 is 0 Å². The maximum absolute atomic E-state index is 11.5. The molecule has 240 valence electrons. The fourth-order valence-electron chi connectivity index (χ4n) is 6.22. The standard InChI is InChI=1S/C34H38N4O4.2ClH.Sn.2H/c1-7-21-17(3)25-13-26-19(5)23(9-11-33(39)40)31(37-26)16-32-24(10-12-34(41)42)20(6)28(38-32)15-30-22(8-2)18(4)27(36-30)14-29(21)35-25;;;;;/h13-16,36-37H,7-12H2,1-6H3,(H,39,40)(H,41,42);2*1H;;;. The van der Waals surface area contributed by atoms with Crippen LogP contribution in [0.5, 0.6) is 0 Å². The van der Waals surface area contributed by atoms with Crippen molar-refractivity contribution in [2.45, 2.75) is 80.1 Å². The van der Waals surface area contributed by atoms with Crippen LogP contribution in [0.15, 0.2) is 24.3 Å². The van der Waals surface area contributed by atoms with Crippen molar-refractivity contribution >= 4 is 105 Å². The molecule has 2 aliphatic heterocycles. The zero-order chi connectivity index (χ0) is 30.3. The molecular weight excluding hydrogens is 718 g/mol. The molecule has 4 N–H and O–H groups in total. The monoisotopic (exact) mass is 760 g/mol. The van der Waals surface area contributed by atoms with E-state index in [1.54, 1.807) is 0 Å². The van der Waals surface area contributed by atoms with Crippen LogP contribution in [0.1, 0.15) is 98.4 Å². The summed E-state index contributed by atoms with van der Waals surface area (Å²) >= 11 is 0. The molecule has 0 aliphatic carbocycles. The number of carboxylic acid groups (broad SMARTS) is 2. The molecule has 2 aliphatic rings. The second-order valence-corrected chi connectivity index (χ2v) is 11.2. The van der Waals surface area contributed by atoms with Crippen LogP contribution in [0.3, 0.4) is 0 Å². The molecule has 3 aromatic rings. The molecule has 5 rings (SSSR count). The Bertz CT molecular complexity index is 1870. The molecule has 0 aromatic carbocycles. The summed E-state index contributed by atoms with van der Waals surface area (Å²) in [5.41, 5.74) is 15.4. The zero-order valence-electron chi connectivity index (χ0n) is 26.7. The minimum atomic E-state index is -0.864. The number of carbonyl (C=O) groups is 2. The molecule has 0 saturated carbocycles. The van der Waals surface area contributed by atoms with Gasteiger partial charge in [0, 0.05) is 34.9 Å². The Morgan fingerprint density at radius 2 is 1.04 bits per heavy atom. The molecule has 0 saturated heterocycles. The summed E-state index contributed by atoms with van der Waals surface area (Å²) < 4.78 is 0. The minimum absolute atomic E-state index is 0. The Balaban J connectivity index is 0.00000235. The van der Waals surface area contributed by atoms with Crippen molar-refractivity contribution in [1.82, 2.24) is 19.9 Å². The number of aromatic nitrogens is 4. The Labute approximate surface area is 292 Å². The first kappa shape index (κ1) is 38.1. The first-order valence-corrected chi connectivity index (χ1v) is 14.6. The van der Waals surface area contributed by atoms with Crippen LogP contribution >= 0.6 is 24.8 Å². The number of allylic oxidation sites excluding steroid dienone is 4. The molecule has 8 bridgehead atoms. The molecule has 11 heteroatoms. The van der Waals surface area contributed by atoms with Gasteiger partial charge in [0.05, 0.1) is 22.8 Å². The topological polar surface area (TPSA) is 132 Å². The van der Waals surface area contributed by atoms with E-state index in [2.05, 4.69) is 49.8 Å². The zero-order valence-corrected chi connectivity index (χ0v) is 32.4. The van der Waals surface area contributed by atoms with Crippen molar-refractivity contribution in [2.75, 3.05) is 0 Å². The number of aryl methyl sites for hydroxylation is 4. The van der Waals surface area contributed by atoms with E-state index in [1.807, 2.05) is 26.0 Å². The van der Waals surface area contributed by atoms with Gasteiger partial charge in [0.15, 0.2) is 0 Å². The summed E-state index contributed by atoms with van der Waals surface area (Å²) in [5.74, 6) is -1.72. The van der Waals surface area contributed by atoms with Gasteiger partial charge in [0.25, 0.3) is 0 Å². The van der Waals surface area contributed by atoms with Gasteiger partial charge in [-0.25, -0.2) is 9.97 Å². The Morgan fingerprint density at radius 3 is 1.58 bits per heavy atom. The van der Waals surface area contributed by atoms with Crippen LogP contribution in [0.2, 0.25) is 0 Å². The number of fused-ring (bicyclic) bond motifs is 8. The van der Waals surface area contributed by atoms with Crippen molar-refractivity contribution in [1.29, 1.82) is 0 Å². The average Bonchev–Trinajstić information content (AvgIpc) is 3.59. The van der Waals surface area contributed by atoms with E-state index in [4.69, 9.17) is 9.97 Å². The molecule has 5 heterocycles. The van der Waals surface area contributed by atoms with Crippen LogP contribution in [-0.2, 0) is 22.4 Å². The van der Waals surface area contributed by atoms with Gasteiger partial charge in [-0.15, -0.1) is 24.8 Å². The molecule has 0 unspecified atom stereocenters. The Morgan fingerprint density at radius 1 is 0.622 bits per heavy atom. The van der Waals surface area contributed by atoms with Gasteiger partial charge in [0.1, 0.15) is 0 Å². The number of halogens is 2. The van der Waals surface area contributed by atoms with E-state index < -0.39 is 11.9 Å². The van der Waals surface area contributed by atoms with Gasteiger partial charge in [-0.1, -0.05) is 13.8 Å². The molecule has 0 fully saturated rings. The van der Waals surface area contributed by atoms with Gasteiger partial charge in [-0.3, -0.25) is 9.59 Å². The summed E-state index contributed by atoms with van der Waals surface area (Å²) in [6.07, 6.45) is 2.39. The summed E-state index contributed by atoms with van der Waals surface area (Å²) in [6.45, 7) is 12.5. The number of aromatic amines is 2. The fraction of sp³-hybridized carbons (Fsp3) is 0.353. The molecular formula is C34H42Cl2N4O4Sn. The number of carboxylic acids is 2. The normalized spacial score (nSPS) is 12.4. The number of hydrogen-bond donors (Lipinski definition) is 4. The van der Waals surface area contributed by atoms with Crippen LogP contribution < -0.4 is 0 Å². The van der Waals surface area contributed by atoms with Crippen LogP contribution in [0.25, 0.3) is 44.4 Å². The summed E-state index contributed by atoms with van der Waals surface area (Å²) in [6, 6.07) is 8.19. The van der Waals surface area contributed by atoms with Crippen molar-refractivity contribution in [3.8, 4) is 0 Å². The predicted molar refractivity (Wildman–Crippen MR) is 191 cm³/mol. The predicted octanol–water partition coefficient (Wildman–Crippen LogP) is 7.57. The van der Waals surface area contributed by atoms with Crippen LogP contribution in [-0.4, -0.2) is 66.0 Å². The number of rotatable bonds is 8. The van der Waals surface area contributed by atoms with Gasteiger partial charge in [-0.2, -0.15) is 0 Å². The van der Waals surface area contributed by atoms with E-state index in [-0.39, 0.29) is 61.6 Å². The molecule has 2 radical (unpaired) electrons. The summed E-state index contributed by atoms with van der Waals surface area (Å²) in [4.78, 5) is 40.3. The third-order valence-electron chi connectivity index (χ3n) is 8.69. The summed E-state index contributed by atoms with van der Waals surface area (Å²) in [5, 5.41) is 18.9. The number of hydrogen-bond acceptors (Lipinski definition) is 4. The van der Waals surface area contributed by atoms with Gasteiger partial charge in [-0.05, 0) is 122 Å². The number of nitrogens with zero attached hydrogens (tertiary/aromatic N) is 2. The molecule has 0 atom stereocenters. The van der Waals surface area contributed by atoms with Gasteiger partial charge >= 0.3 is 35.8 Å². The van der Waals surface area contributed by atoms with Gasteiger partial charge < -0.3 is 20.2 Å². The first-order valence-electron chi connectivity index (χ1n) is 14.6. The third kappa shape index (κ3) is 7.50. The van der Waals surface area contributed by atoms with E-state index in [0.717, 1.165) is 79.8 Å². The van der Waals surface area contributed by atoms with Crippen molar-refractivity contribution < 1.29 is 19.8 Å². The number of H-pyrrole nitrogens is 2. The second-order valence-electron chi connectivity index (χ2n) is 11.2. The number of aliphatic carboxylic acids is 2. The quantitative estimate of drug-likeness (QED) is 0.175. The maximum atomic E-state index is 11.5. The summed E-state index contributed by atoms with van der Waals surface area (Å²) in [7, 11) is 0. The van der Waals surface area contributed by atoms with E-state index in [1.165, 1.54) is 16.7 Å². The second kappa shape index (κ2) is 15.5.